The molecule has 0 aliphatic heterocycles. The van der Waals surface area contributed by atoms with Crippen LogP contribution in [0.25, 0.3) is 0 Å². The Balaban J connectivity index is 0. The van der Waals surface area contributed by atoms with Gasteiger partial charge in [0.25, 0.3) is 0 Å². The minimum absolute atomic E-state index is 0.434. The van der Waals surface area contributed by atoms with E-state index in [1.165, 1.54) is 19.4 Å². The summed E-state index contributed by atoms with van der Waals surface area (Å²) in [6.07, 6.45) is 2.57. The van der Waals surface area contributed by atoms with Gasteiger partial charge in [0.05, 0.1) is 0 Å². The van der Waals surface area contributed by atoms with Crippen LogP contribution in [-0.4, -0.2) is 25.5 Å². The Hall–Kier alpha value is -0.0400. The molecule has 0 amide bonds. The zero-order valence-corrected chi connectivity index (χ0v) is 12.6. The van der Waals surface area contributed by atoms with E-state index in [1.54, 1.807) is 0 Å². The van der Waals surface area contributed by atoms with Crippen molar-refractivity contribution in [3.8, 4) is 0 Å². The van der Waals surface area contributed by atoms with Crippen molar-refractivity contribution in [1.82, 2.24) is 4.90 Å². The smallest absolute Gasteiger partial charge is 0.00268 e. The van der Waals surface area contributed by atoms with E-state index in [2.05, 4.69) is 53.6 Å². The van der Waals surface area contributed by atoms with Gasteiger partial charge in [-0.2, -0.15) is 0 Å². The maximum Gasteiger partial charge on any atom is 0.00268 e. The lowest BCUT2D eigenvalue weighted by Gasteiger charge is -2.36. The third-order valence-electron chi connectivity index (χ3n) is 2.66. The standard InChI is InChI=1S/C12H27N.C2H6/c1-8-11(2,3)9-12(4,5)10-13(6)7;1-2/h8-10H2,1-7H3;1-2H3. The third-order valence-corrected chi connectivity index (χ3v) is 2.66. The lowest BCUT2D eigenvalue weighted by Crippen LogP contribution is -2.32. The van der Waals surface area contributed by atoms with Gasteiger partial charge in [-0.1, -0.05) is 54.9 Å². The van der Waals surface area contributed by atoms with Gasteiger partial charge < -0.3 is 4.90 Å². The Kier molecular flexibility index (Phi) is 8.41. The molecule has 0 radical (unpaired) electrons. The summed E-state index contributed by atoms with van der Waals surface area (Å²) in [5.74, 6) is 0. The van der Waals surface area contributed by atoms with Crippen LogP contribution in [0.5, 0.6) is 0 Å². The molecular formula is C14H33N. The van der Waals surface area contributed by atoms with Crippen molar-refractivity contribution in [3.63, 3.8) is 0 Å². The van der Waals surface area contributed by atoms with E-state index in [9.17, 15) is 0 Å². The van der Waals surface area contributed by atoms with Crippen LogP contribution in [0.3, 0.4) is 0 Å². The molecule has 0 rings (SSSR count). The molecule has 1 heteroatoms. The maximum atomic E-state index is 2.37. The summed E-state index contributed by atoms with van der Waals surface area (Å²) in [4.78, 5) is 2.28. The zero-order chi connectivity index (χ0) is 12.7. The van der Waals surface area contributed by atoms with E-state index in [0.29, 0.717) is 10.8 Å². The Labute approximate surface area is 98.2 Å². The van der Waals surface area contributed by atoms with Crippen LogP contribution in [-0.2, 0) is 0 Å². The molecule has 0 aromatic rings. The second kappa shape index (κ2) is 7.27. The quantitative estimate of drug-likeness (QED) is 0.656. The highest BCUT2D eigenvalue weighted by Gasteiger charge is 2.27. The van der Waals surface area contributed by atoms with E-state index in [-0.39, 0.29) is 0 Å². The van der Waals surface area contributed by atoms with Crippen molar-refractivity contribution in [2.45, 2.75) is 61.3 Å². The highest BCUT2D eigenvalue weighted by molar-refractivity contribution is 4.79. The van der Waals surface area contributed by atoms with E-state index < -0.39 is 0 Å². The third kappa shape index (κ3) is 10.2. The fraction of sp³-hybridized carbons (Fsp3) is 1.00. The number of nitrogens with zero attached hydrogens (tertiary/aromatic N) is 1. The molecule has 15 heavy (non-hydrogen) atoms. The summed E-state index contributed by atoms with van der Waals surface area (Å²) in [7, 11) is 4.31. The van der Waals surface area contributed by atoms with E-state index >= 15 is 0 Å². The van der Waals surface area contributed by atoms with Crippen molar-refractivity contribution in [1.29, 1.82) is 0 Å². The van der Waals surface area contributed by atoms with Crippen LogP contribution < -0.4 is 0 Å². The molecule has 0 saturated carbocycles. The minimum atomic E-state index is 0.434. The zero-order valence-electron chi connectivity index (χ0n) is 12.6. The fourth-order valence-corrected chi connectivity index (χ4v) is 2.33. The average Bonchev–Trinajstić information content (AvgIpc) is 2.03. The monoisotopic (exact) mass is 215 g/mol. The summed E-state index contributed by atoms with van der Waals surface area (Å²) in [6.45, 7) is 16.9. The van der Waals surface area contributed by atoms with E-state index in [1.807, 2.05) is 13.8 Å². The molecule has 0 bridgehead atoms. The van der Waals surface area contributed by atoms with Gasteiger partial charge in [0.1, 0.15) is 0 Å². The molecule has 0 unspecified atom stereocenters. The Morgan fingerprint density at radius 1 is 0.867 bits per heavy atom. The molecule has 1 nitrogen and oxygen atoms in total. The van der Waals surface area contributed by atoms with Crippen LogP contribution in [0, 0.1) is 10.8 Å². The molecule has 0 aliphatic rings. The predicted molar refractivity (Wildman–Crippen MR) is 72.4 cm³/mol. The molecule has 0 aromatic carbocycles. The summed E-state index contributed by atoms with van der Waals surface area (Å²) in [5.41, 5.74) is 0.919. The summed E-state index contributed by atoms with van der Waals surface area (Å²) >= 11 is 0. The molecular weight excluding hydrogens is 182 g/mol. The molecule has 0 spiro atoms. The van der Waals surface area contributed by atoms with Crippen LogP contribution in [0.15, 0.2) is 0 Å². The molecule has 0 aromatic heterocycles. The predicted octanol–water partition coefficient (Wildman–Crippen LogP) is 4.43. The first-order chi connectivity index (χ1) is 6.68. The molecule has 0 saturated heterocycles. The maximum absolute atomic E-state index is 2.37. The SMILES string of the molecule is CC.CCC(C)(C)CC(C)(C)CN(C)C. The van der Waals surface area contributed by atoms with Crippen LogP contribution >= 0.6 is 0 Å². The summed E-state index contributed by atoms with van der Waals surface area (Å²) in [5, 5.41) is 0. The van der Waals surface area contributed by atoms with Crippen LogP contribution in [0.1, 0.15) is 61.3 Å². The van der Waals surface area contributed by atoms with E-state index in [4.69, 9.17) is 0 Å². The van der Waals surface area contributed by atoms with Crippen molar-refractivity contribution < 1.29 is 0 Å². The number of hydrogen-bond donors (Lipinski definition) is 0. The highest BCUT2D eigenvalue weighted by atomic mass is 15.1. The van der Waals surface area contributed by atoms with Gasteiger partial charge in [-0.05, 0) is 31.3 Å². The first-order valence-electron chi connectivity index (χ1n) is 6.33. The topological polar surface area (TPSA) is 3.24 Å². The average molecular weight is 215 g/mol. The molecule has 0 atom stereocenters. The Bertz CT molecular complexity index is 145. The van der Waals surface area contributed by atoms with Crippen molar-refractivity contribution >= 4 is 0 Å². The van der Waals surface area contributed by atoms with Gasteiger partial charge in [0.15, 0.2) is 0 Å². The van der Waals surface area contributed by atoms with Crippen molar-refractivity contribution in [3.05, 3.63) is 0 Å². The Morgan fingerprint density at radius 2 is 1.27 bits per heavy atom. The minimum Gasteiger partial charge on any atom is -0.309 e. The molecule has 0 heterocycles. The Morgan fingerprint density at radius 3 is 1.53 bits per heavy atom. The van der Waals surface area contributed by atoms with E-state index in [0.717, 1.165) is 0 Å². The largest absolute Gasteiger partial charge is 0.309 e. The van der Waals surface area contributed by atoms with Crippen LogP contribution in [0.4, 0.5) is 0 Å². The fourth-order valence-electron chi connectivity index (χ4n) is 2.33. The first-order valence-corrected chi connectivity index (χ1v) is 6.33. The highest BCUT2D eigenvalue weighted by Crippen LogP contribution is 2.36. The lowest BCUT2D eigenvalue weighted by molar-refractivity contribution is 0.147. The second-order valence-corrected chi connectivity index (χ2v) is 6.10. The van der Waals surface area contributed by atoms with Gasteiger partial charge in [0, 0.05) is 6.54 Å². The van der Waals surface area contributed by atoms with Gasteiger partial charge in [-0.25, -0.2) is 0 Å². The van der Waals surface area contributed by atoms with Crippen molar-refractivity contribution in [2.24, 2.45) is 10.8 Å². The van der Waals surface area contributed by atoms with Crippen LogP contribution in [0.2, 0.25) is 0 Å². The second-order valence-electron chi connectivity index (χ2n) is 6.10. The summed E-state index contributed by atoms with van der Waals surface area (Å²) < 4.78 is 0. The molecule has 0 fully saturated rings. The number of hydrogen-bond acceptors (Lipinski definition) is 1. The van der Waals surface area contributed by atoms with Gasteiger partial charge in [-0.15, -0.1) is 0 Å². The summed E-state index contributed by atoms with van der Waals surface area (Å²) in [6, 6.07) is 0. The molecule has 0 aliphatic carbocycles. The van der Waals surface area contributed by atoms with Gasteiger partial charge in [0.2, 0.25) is 0 Å². The number of rotatable bonds is 5. The normalized spacial score (nSPS) is 12.4. The molecule has 94 valence electrons. The first kappa shape index (κ1) is 17.4. The van der Waals surface area contributed by atoms with Gasteiger partial charge in [-0.3, -0.25) is 0 Å². The molecule has 0 N–H and O–H groups in total. The van der Waals surface area contributed by atoms with Gasteiger partial charge >= 0.3 is 0 Å². The lowest BCUT2D eigenvalue weighted by atomic mass is 9.73. The van der Waals surface area contributed by atoms with Crippen molar-refractivity contribution in [2.75, 3.05) is 20.6 Å².